The smallest absolute Gasteiger partial charge is 0.225 e. The van der Waals surface area contributed by atoms with Crippen molar-refractivity contribution in [2.75, 3.05) is 0 Å². The van der Waals surface area contributed by atoms with Gasteiger partial charge in [-0.05, 0) is 31.9 Å². The van der Waals surface area contributed by atoms with E-state index in [2.05, 4.69) is 10.3 Å². The zero-order chi connectivity index (χ0) is 12.3. The van der Waals surface area contributed by atoms with Crippen LogP contribution in [0.3, 0.4) is 0 Å². The molecular formula is C13H21Cl2N3O. The molecule has 0 aliphatic heterocycles. The number of carbonyl (C=O) groups is 1. The predicted molar refractivity (Wildman–Crippen MR) is 80.6 cm³/mol. The number of carbonyl (C=O) groups excluding carboxylic acids is 1. The molecule has 19 heavy (non-hydrogen) atoms. The highest BCUT2D eigenvalue weighted by molar-refractivity contribution is 5.85. The van der Waals surface area contributed by atoms with E-state index in [4.69, 9.17) is 5.73 Å². The van der Waals surface area contributed by atoms with Crippen LogP contribution >= 0.6 is 24.8 Å². The van der Waals surface area contributed by atoms with Crippen molar-refractivity contribution in [3.05, 3.63) is 30.1 Å². The Labute approximate surface area is 126 Å². The molecule has 1 aliphatic carbocycles. The fourth-order valence-electron chi connectivity index (χ4n) is 2.34. The number of rotatable bonds is 3. The molecule has 3 unspecified atom stereocenters. The summed E-state index contributed by atoms with van der Waals surface area (Å²) in [6.45, 7) is 1.95. The van der Waals surface area contributed by atoms with Gasteiger partial charge in [-0.2, -0.15) is 0 Å². The number of halogens is 2. The van der Waals surface area contributed by atoms with E-state index in [1.807, 2.05) is 25.1 Å². The van der Waals surface area contributed by atoms with Crippen LogP contribution in [0.1, 0.15) is 37.9 Å². The lowest BCUT2D eigenvalue weighted by molar-refractivity contribution is -0.125. The first-order valence-electron chi connectivity index (χ1n) is 6.15. The number of aromatic nitrogens is 1. The monoisotopic (exact) mass is 305 g/mol. The zero-order valence-corrected chi connectivity index (χ0v) is 12.5. The second kappa shape index (κ2) is 8.35. The molecule has 0 spiro atoms. The first-order chi connectivity index (χ1) is 8.18. The third-order valence-electron chi connectivity index (χ3n) is 3.40. The molecule has 1 heterocycles. The van der Waals surface area contributed by atoms with E-state index in [0.29, 0.717) is 0 Å². The first-order valence-corrected chi connectivity index (χ1v) is 6.15. The second-order valence-electron chi connectivity index (χ2n) is 4.69. The van der Waals surface area contributed by atoms with Crippen molar-refractivity contribution in [1.29, 1.82) is 0 Å². The van der Waals surface area contributed by atoms with E-state index in [1.165, 1.54) is 0 Å². The number of pyridine rings is 1. The average Bonchev–Trinajstić information content (AvgIpc) is 2.76. The van der Waals surface area contributed by atoms with Gasteiger partial charge in [-0.1, -0.05) is 12.5 Å². The Balaban J connectivity index is 0.00000162. The molecule has 3 atom stereocenters. The summed E-state index contributed by atoms with van der Waals surface area (Å²) < 4.78 is 0. The van der Waals surface area contributed by atoms with Gasteiger partial charge in [0.15, 0.2) is 0 Å². The summed E-state index contributed by atoms with van der Waals surface area (Å²) in [6.07, 6.45) is 4.65. The van der Waals surface area contributed by atoms with Gasteiger partial charge in [0.25, 0.3) is 0 Å². The Morgan fingerprint density at radius 1 is 1.42 bits per heavy atom. The molecule has 6 heteroatoms. The predicted octanol–water partition coefficient (Wildman–Crippen LogP) is 2.23. The average molecular weight is 306 g/mol. The van der Waals surface area contributed by atoms with Gasteiger partial charge in [-0.3, -0.25) is 9.78 Å². The van der Waals surface area contributed by atoms with Crippen molar-refractivity contribution >= 4 is 30.7 Å². The van der Waals surface area contributed by atoms with Crippen molar-refractivity contribution in [2.45, 2.75) is 38.3 Å². The van der Waals surface area contributed by atoms with Crippen molar-refractivity contribution < 1.29 is 4.79 Å². The molecule has 1 saturated carbocycles. The Hall–Kier alpha value is -0.840. The van der Waals surface area contributed by atoms with E-state index in [9.17, 15) is 4.79 Å². The van der Waals surface area contributed by atoms with Crippen LogP contribution < -0.4 is 11.1 Å². The molecule has 0 bridgehead atoms. The summed E-state index contributed by atoms with van der Waals surface area (Å²) in [7, 11) is 0. The number of hydrogen-bond donors (Lipinski definition) is 2. The molecule has 2 rings (SSSR count). The summed E-state index contributed by atoms with van der Waals surface area (Å²) in [6, 6.07) is 5.67. The summed E-state index contributed by atoms with van der Waals surface area (Å²) in [5.41, 5.74) is 6.80. The molecule has 0 saturated heterocycles. The molecule has 1 aromatic heterocycles. The van der Waals surface area contributed by atoms with Gasteiger partial charge in [0, 0.05) is 12.2 Å². The van der Waals surface area contributed by atoms with Crippen LogP contribution in [0.4, 0.5) is 0 Å². The maximum Gasteiger partial charge on any atom is 0.225 e. The molecular weight excluding hydrogens is 285 g/mol. The molecule has 4 nitrogen and oxygen atoms in total. The number of hydrogen-bond acceptors (Lipinski definition) is 3. The fraction of sp³-hybridized carbons (Fsp3) is 0.538. The SMILES string of the molecule is CC(NC(=O)C1CCCC1N)c1ccccn1.Cl.Cl. The third kappa shape index (κ3) is 4.64. The molecule has 108 valence electrons. The van der Waals surface area contributed by atoms with E-state index < -0.39 is 0 Å². The Morgan fingerprint density at radius 3 is 2.68 bits per heavy atom. The first kappa shape index (κ1) is 18.2. The summed E-state index contributed by atoms with van der Waals surface area (Å²) in [5, 5.41) is 2.99. The second-order valence-corrected chi connectivity index (χ2v) is 4.69. The maximum atomic E-state index is 12.0. The minimum atomic E-state index is -0.0588. The van der Waals surface area contributed by atoms with E-state index in [-0.39, 0.29) is 48.7 Å². The largest absolute Gasteiger partial charge is 0.348 e. The summed E-state index contributed by atoms with van der Waals surface area (Å²) in [4.78, 5) is 16.3. The van der Waals surface area contributed by atoms with Gasteiger partial charge in [0.1, 0.15) is 0 Å². The Kier molecular flexibility index (Phi) is 7.99. The molecule has 1 fully saturated rings. The quantitative estimate of drug-likeness (QED) is 0.900. The number of nitrogens with one attached hydrogen (secondary N) is 1. The van der Waals surface area contributed by atoms with Gasteiger partial charge >= 0.3 is 0 Å². The maximum absolute atomic E-state index is 12.0. The van der Waals surface area contributed by atoms with Gasteiger partial charge in [0.05, 0.1) is 17.7 Å². The molecule has 1 aliphatic rings. The molecule has 3 N–H and O–H groups in total. The molecule has 0 aromatic carbocycles. The lowest BCUT2D eigenvalue weighted by Crippen LogP contribution is -2.39. The standard InChI is InChI=1S/C13H19N3O.2ClH/c1-9(12-7-2-3-8-15-12)16-13(17)10-5-4-6-11(10)14;;/h2-3,7-11H,4-6,14H2,1H3,(H,16,17);2*1H. The topological polar surface area (TPSA) is 68.0 Å². The third-order valence-corrected chi connectivity index (χ3v) is 3.40. The van der Waals surface area contributed by atoms with Crippen LogP contribution in [0.2, 0.25) is 0 Å². The van der Waals surface area contributed by atoms with Gasteiger partial charge < -0.3 is 11.1 Å². The van der Waals surface area contributed by atoms with Crippen molar-refractivity contribution in [2.24, 2.45) is 11.7 Å². The van der Waals surface area contributed by atoms with Gasteiger partial charge in [-0.15, -0.1) is 24.8 Å². The Bertz CT molecular complexity index is 389. The summed E-state index contributed by atoms with van der Waals surface area (Å²) >= 11 is 0. The highest BCUT2D eigenvalue weighted by atomic mass is 35.5. The number of nitrogens with zero attached hydrogens (tertiary/aromatic N) is 1. The Morgan fingerprint density at radius 2 is 2.16 bits per heavy atom. The van der Waals surface area contributed by atoms with Crippen LogP contribution in [-0.4, -0.2) is 16.9 Å². The van der Waals surface area contributed by atoms with Crippen molar-refractivity contribution in [1.82, 2.24) is 10.3 Å². The van der Waals surface area contributed by atoms with Crippen LogP contribution in [-0.2, 0) is 4.79 Å². The summed E-state index contributed by atoms with van der Waals surface area (Å²) in [5.74, 6) is 0.0364. The molecule has 1 aromatic rings. The zero-order valence-electron chi connectivity index (χ0n) is 10.9. The minimum Gasteiger partial charge on any atom is -0.348 e. The lowest BCUT2D eigenvalue weighted by atomic mass is 10.0. The van der Waals surface area contributed by atoms with Gasteiger partial charge in [-0.25, -0.2) is 0 Å². The fourth-order valence-corrected chi connectivity index (χ4v) is 2.34. The normalized spacial score (nSPS) is 22.8. The van der Waals surface area contributed by atoms with E-state index in [0.717, 1.165) is 25.0 Å². The number of nitrogens with two attached hydrogens (primary N) is 1. The highest BCUT2D eigenvalue weighted by Crippen LogP contribution is 2.24. The van der Waals surface area contributed by atoms with Crippen LogP contribution in [0.5, 0.6) is 0 Å². The van der Waals surface area contributed by atoms with Gasteiger partial charge in [0.2, 0.25) is 5.91 Å². The minimum absolute atomic E-state index is 0. The van der Waals surface area contributed by atoms with Crippen LogP contribution in [0, 0.1) is 5.92 Å². The van der Waals surface area contributed by atoms with Crippen molar-refractivity contribution in [3.63, 3.8) is 0 Å². The molecule has 1 amide bonds. The number of amides is 1. The van der Waals surface area contributed by atoms with E-state index >= 15 is 0 Å². The lowest BCUT2D eigenvalue weighted by Gasteiger charge is -2.19. The van der Waals surface area contributed by atoms with Crippen LogP contribution in [0.15, 0.2) is 24.4 Å². The highest BCUT2D eigenvalue weighted by Gasteiger charge is 2.30. The molecule has 0 radical (unpaired) electrons. The van der Waals surface area contributed by atoms with Crippen LogP contribution in [0.25, 0.3) is 0 Å². The van der Waals surface area contributed by atoms with E-state index in [1.54, 1.807) is 6.20 Å². The van der Waals surface area contributed by atoms with Crippen molar-refractivity contribution in [3.8, 4) is 0 Å².